The summed E-state index contributed by atoms with van der Waals surface area (Å²) in [6, 6.07) is -11.5. The molecule has 0 aliphatic heterocycles. The van der Waals surface area contributed by atoms with Crippen LogP contribution in [0.5, 0.6) is 0 Å². The number of aliphatic hydroxyl groups is 1. The number of aliphatic carboxylic acids is 3. The van der Waals surface area contributed by atoms with Gasteiger partial charge in [-0.1, -0.05) is 82.1 Å². The van der Waals surface area contributed by atoms with Crippen LogP contribution >= 0.6 is 0 Å². The molecule has 388 valence electrons. The highest BCUT2D eigenvalue weighted by atomic mass is 16.4. The molecule has 24 nitrogen and oxygen atoms in total. The van der Waals surface area contributed by atoms with Gasteiger partial charge in [-0.3, -0.25) is 47.9 Å². The number of hydrogen-bond donors (Lipinski definition) is 13. The predicted octanol–water partition coefficient (Wildman–Crippen LogP) is -1.53. The Bertz CT molecular complexity index is 1760. The van der Waals surface area contributed by atoms with Gasteiger partial charge in [-0.15, -0.1) is 0 Å². The van der Waals surface area contributed by atoms with E-state index >= 15 is 0 Å². The van der Waals surface area contributed by atoms with E-state index in [4.69, 9.17) is 5.73 Å². The quantitative estimate of drug-likeness (QED) is 0.0364. The zero-order valence-electron chi connectivity index (χ0n) is 41.1. The minimum Gasteiger partial charge on any atom is -0.481 e. The summed E-state index contributed by atoms with van der Waals surface area (Å²) < 4.78 is 0. The van der Waals surface area contributed by atoms with Crippen molar-refractivity contribution in [3.05, 3.63) is 0 Å². The second-order valence-corrected chi connectivity index (χ2v) is 18.4. The Kier molecular flexibility index (Phi) is 27.8. The van der Waals surface area contributed by atoms with E-state index in [9.17, 15) is 73.2 Å². The third-order valence-electron chi connectivity index (χ3n) is 11.1. The molecule has 0 aromatic rings. The summed E-state index contributed by atoms with van der Waals surface area (Å²) in [5.74, 6) is -13.7. The first-order chi connectivity index (χ1) is 31.5. The number of carboxylic acid groups (broad SMARTS) is 3. The Balaban J connectivity index is 6.58. The molecule has 0 rings (SSSR count). The van der Waals surface area contributed by atoms with E-state index in [1.54, 1.807) is 69.2 Å². The summed E-state index contributed by atoms with van der Waals surface area (Å²) in [6.07, 6.45) is -2.81. The van der Waals surface area contributed by atoms with Gasteiger partial charge in [0.15, 0.2) is 0 Å². The summed E-state index contributed by atoms with van der Waals surface area (Å²) in [7, 11) is 0. The van der Waals surface area contributed by atoms with Crippen molar-refractivity contribution >= 4 is 65.2 Å². The lowest BCUT2D eigenvalue weighted by atomic mass is 9.95. The van der Waals surface area contributed by atoms with Gasteiger partial charge in [0, 0.05) is 6.42 Å². The van der Waals surface area contributed by atoms with Crippen molar-refractivity contribution < 1.29 is 73.2 Å². The Hall–Kier alpha value is -5.91. The van der Waals surface area contributed by atoms with Gasteiger partial charge < -0.3 is 68.7 Å². The Morgan fingerprint density at radius 3 is 1.29 bits per heavy atom. The van der Waals surface area contributed by atoms with E-state index in [1.165, 1.54) is 6.92 Å². The van der Waals surface area contributed by atoms with Crippen LogP contribution in [-0.2, 0) is 52.7 Å². The summed E-state index contributed by atoms with van der Waals surface area (Å²) in [5.41, 5.74) is 5.76. The maximum absolute atomic E-state index is 13.9. The van der Waals surface area contributed by atoms with Crippen LogP contribution in [0.25, 0.3) is 0 Å². The van der Waals surface area contributed by atoms with Gasteiger partial charge in [0.1, 0.15) is 48.3 Å². The minimum atomic E-state index is -1.91. The molecule has 0 aromatic carbocycles. The molecule has 0 aliphatic rings. The van der Waals surface area contributed by atoms with Gasteiger partial charge in [-0.25, -0.2) is 4.79 Å². The number of carbonyl (C=O) groups excluding carboxylic acids is 8. The lowest BCUT2D eigenvalue weighted by molar-refractivity contribution is -0.143. The van der Waals surface area contributed by atoms with Crippen LogP contribution in [-0.4, -0.2) is 147 Å². The Morgan fingerprint density at radius 1 is 0.485 bits per heavy atom. The summed E-state index contributed by atoms with van der Waals surface area (Å²) in [4.78, 5) is 143. The zero-order valence-corrected chi connectivity index (χ0v) is 41.1. The lowest BCUT2D eigenvalue weighted by Crippen LogP contribution is -2.61. The maximum atomic E-state index is 13.9. The fraction of sp³-hybridized carbons (Fsp3) is 0.750. The van der Waals surface area contributed by atoms with Crippen molar-refractivity contribution in [1.29, 1.82) is 0 Å². The molecule has 14 N–H and O–H groups in total. The fourth-order valence-electron chi connectivity index (χ4n) is 6.55. The van der Waals surface area contributed by atoms with Gasteiger partial charge in [0.05, 0.1) is 19.1 Å². The van der Waals surface area contributed by atoms with E-state index < -0.39 is 163 Å². The molecule has 0 saturated heterocycles. The van der Waals surface area contributed by atoms with Gasteiger partial charge >= 0.3 is 17.9 Å². The van der Waals surface area contributed by atoms with Crippen LogP contribution in [0.4, 0.5) is 0 Å². The second kappa shape index (κ2) is 30.5. The van der Waals surface area contributed by atoms with Crippen LogP contribution in [0.1, 0.15) is 121 Å². The van der Waals surface area contributed by atoms with Gasteiger partial charge in [0.2, 0.25) is 47.3 Å². The molecule has 0 aromatic heterocycles. The smallest absolute Gasteiger partial charge is 0.326 e. The van der Waals surface area contributed by atoms with Crippen molar-refractivity contribution in [3.63, 3.8) is 0 Å². The SMILES string of the molecule is CC[C@H](C)[C@H](NC(=O)[C@H](CC(=O)O)NC(=O)[C@H](CCC(=O)O)NC(=O)[C@@H](NC(=O)[C@H](CC(C)C)NC(=O)[C@@H](N)[C@@H](C)O)[C@@H](C)CC)C(=O)N[C@@H](CC(C)C)C(=O)NCC(=O)N[C@H](C(=O)O)C(C)C. The number of nitrogens with two attached hydrogens (primary N) is 1. The lowest BCUT2D eigenvalue weighted by Gasteiger charge is -2.30. The summed E-state index contributed by atoms with van der Waals surface area (Å²) >= 11 is 0. The van der Waals surface area contributed by atoms with E-state index in [1.807, 2.05) is 0 Å². The third-order valence-corrected chi connectivity index (χ3v) is 11.1. The molecule has 0 spiro atoms. The van der Waals surface area contributed by atoms with Crippen LogP contribution in [0, 0.1) is 29.6 Å². The number of carboxylic acids is 3. The molecule has 0 radical (unpaired) electrons. The molecule has 11 atom stereocenters. The normalized spacial score (nSPS) is 16.2. The topological polar surface area (TPSA) is 391 Å². The van der Waals surface area contributed by atoms with Crippen molar-refractivity contribution in [2.75, 3.05) is 6.54 Å². The standard InChI is InChI=1S/C44H77N9O15/c1-12-23(9)35(52-39(62)28(17-21(5)6)49-41(64)33(45)25(11)54)42(65)47-26(14-15-31(56)57)38(61)48-29(18-32(58)59)40(63)53-36(24(10)13-2)43(66)50-27(16-20(3)4)37(60)46-19-30(55)51-34(22(7)8)44(67)68/h20-29,33-36,54H,12-19,45H2,1-11H3,(H,46,60)(H,47,65)(H,48,61)(H,49,64)(H,50,66)(H,51,55)(H,52,62)(H,53,63)(H,56,57)(H,58,59)(H,67,68)/t23-,24-,25+,26-,27-,28-,29-,33-,34-,35-,36-/m0/s1. The van der Waals surface area contributed by atoms with Gasteiger partial charge in [-0.05, 0) is 55.8 Å². The first kappa shape index (κ1) is 62.1. The molecule has 0 bridgehead atoms. The molecule has 0 heterocycles. The molecular formula is C44H77N9O15. The highest BCUT2D eigenvalue weighted by molar-refractivity contribution is 5.99. The van der Waals surface area contributed by atoms with Crippen LogP contribution in [0.15, 0.2) is 0 Å². The van der Waals surface area contributed by atoms with Crippen molar-refractivity contribution in [1.82, 2.24) is 42.5 Å². The van der Waals surface area contributed by atoms with E-state index in [0.717, 1.165) is 0 Å². The molecular weight excluding hydrogens is 895 g/mol. The van der Waals surface area contributed by atoms with E-state index in [0.29, 0.717) is 6.42 Å². The molecule has 68 heavy (non-hydrogen) atoms. The van der Waals surface area contributed by atoms with Crippen molar-refractivity contribution in [2.45, 2.75) is 176 Å². The highest BCUT2D eigenvalue weighted by Crippen LogP contribution is 2.15. The third kappa shape index (κ3) is 22.7. The number of amides is 8. The number of carbonyl (C=O) groups is 11. The maximum Gasteiger partial charge on any atom is 0.326 e. The largest absolute Gasteiger partial charge is 0.481 e. The Morgan fingerprint density at radius 2 is 0.897 bits per heavy atom. The van der Waals surface area contributed by atoms with Crippen LogP contribution in [0.3, 0.4) is 0 Å². The molecule has 0 aliphatic carbocycles. The number of rotatable bonds is 32. The molecule has 0 fully saturated rings. The number of aliphatic hydroxyl groups excluding tert-OH is 1. The van der Waals surface area contributed by atoms with Crippen molar-refractivity contribution in [2.24, 2.45) is 35.3 Å². The average Bonchev–Trinajstić information content (AvgIpc) is 3.24. The number of nitrogens with one attached hydrogen (secondary N) is 8. The molecule has 0 saturated carbocycles. The fourth-order valence-corrected chi connectivity index (χ4v) is 6.55. The van der Waals surface area contributed by atoms with Crippen LogP contribution in [0.2, 0.25) is 0 Å². The summed E-state index contributed by atoms with van der Waals surface area (Å²) in [5, 5.41) is 57.9. The zero-order chi connectivity index (χ0) is 52.7. The second-order valence-electron chi connectivity index (χ2n) is 18.4. The molecule has 8 amide bonds. The average molecular weight is 972 g/mol. The van der Waals surface area contributed by atoms with Crippen LogP contribution < -0.4 is 48.3 Å². The summed E-state index contributed by atoms with van der Waals surface area (Å²) in [6.45, 7) is 17.5. The number of hydrogen-bond acceptors (Lipinski definition) is 13. The van der Waals surface area contributed by atoms with Gasteiger partial charge in [-0.2, -0.15) is 0 Å². The monoisotopic (exact) mass is 972 g/mol. The first-order valence-electron chi connectivity index (χ1n) is 23.0. The van der Waals surface area contributed by atoms with Crippen molar-refractivity contribution in [3.8, 4) is 0 Å². The Labute approximate surface area is 397 Å². The molecule has 0 unspecified atom stereocenters. The minimum absolute atomic E-state index is 0.0561. The van der Waals surface area contributed by atoms with Gasteiger partial charge in [0.25, 0.3) is 0 Å². The highest BCUT2D eigenvalue weighted by Gasteiger charge is 2.37. The van der Waals surface area contributed by atoms with E-state index in [-0.39, 0.29) is 31.1 Å². The predicted molar refractivity (Wildman–Crippen MR) is 246 cm³/mol. The first-order valence-corrected chi connectivity index (χ1v) is 23.0. The van der Waals surface area contributed by atoms with E-state index in [2.05, 4.69) is 42.5 Å². The molecule has 24 heteroatoms.